The van der Waals surface area contributed by atoms with Gasteiger partial charge in [-0.2, -0.15) is 0 Å². The molecule has 0 aliphatic carbocycles. The minimum atomic E-state index is -0.475. The monoisotopic (exact) mass is 378 g/mol. The van der Waals surface area contributed by atoms with Crippen LogP contribution in [0.15, 0.2) is 42.5 Å². The highest BCUT2D eigenvalue weighted by Crippen LogP contribution is 2.33. The van der Waals surface area contributed by atoms with Crippen molar-refractivity contribution in [2.24, 2.45) is 0 Å². The van der Waals surface area contributed by atoms with Gasteiger partial charge >= 0.3 is 0 Å². The topological polar surface area (TPSA) is 69.9 Å². The van der Waals surface area contributed by atoms with E-state index >= 15 is 0 Å². The third-order valence-corrected chi connectivity index (χ3v) is 4.72. The molecule has 1 aliphatic heterocycles. The summed E-state index contributed by atoms with van der Waals surface area (Å²) in [6.45, 7) is 3.90. The number of hydrogen-bond donors (Lipinski definition) is 3. The maximum atomic E-state index is 9.99. The predicted molar refractivity (Wildman–Crippen MR) is 104 cm³/mol. The van der Waals surface area contributed by atoms with Crippen LogP contribution in [0, 0.1) is 0 Å². The predicted octanol–water partition coefficient (Wildman–Crippen LogP) is 4.24. The maximum absolute atomic E-state index is 9.99. The van der Waals surface area contributed by atoms with Crippen molar-refractivity contribution < 1.29 is 20.1 Å². The summed E-state index contributed by atoms with van der Waals surface area (Å²) < 4.78 is 5.87. The van der Waals surface area contributed by atoms with Gasteiger partial charge in [0.2, 0.25) is 0 Å². The average Bonchev–Trinajstić information content (AvgIpc) is 2.66. The fourth-order valence-corrected chi connectivity index (χ4v) is 3.27. The molecule has 0 bridgehead atoms. The summed E-state index contributed by atoms with van der Waals surface area (Å²) in [5, 5.41) is 29.3. The molecule has 1 aliphatic rings. The van der Waals surface area contributed by atoms with E-state index in [1.165, 1.54) is 0 Å². The first kappa shape index (κ1) is 20.7. The molecular weight excluding hydrogens is 352 g/mol. The Morgan fingerprint density at radius 2 is 1.77 bits per heavy atom. The van der Waals surface area contributed by atoms with E-state index in [1.54, 1.807) is 12.1 Å². The molecule has 0 amide bonds. The molecule has 3 N–H and O–H groups in total. The first-order chi connectivity index (χ1) is 12.5. The molecule has 2 aromatic carbocycles. The highest BCUT2D eigenvalue weighted by Gasteiger charge is 2.29. The molecule has 1 fully saturated rings. The van der Waals surface area contributed by atoms with Crippen LogP contribution in [-0.4, -0.2) is 34.1 Å². The van der Waals surface area contributed by atoms with Crippen molar-refractivity contribution in [1.29, 1.82) is 0 Å². The lowest BCUT2D eigenvalue weighted by Crippen LogP contribution is -2.33. The Bertz CT molecular complexity index is 687. The minimum absolute atomic E-state index is 0.0957. The van der Waals surface area contributed by atoms with Crippen LogP contribution in [0.3, 0.4) is 0 Å². The summed E-state index contributed by atoms with van der Waals surface area (Å²) in [4.78, 5) is 0. The van der Waals surface area contributed by atoms with Crippen molar-refractivity contribution in [2.45, 2.75) is 51.4 Å². The Morgan fingerprint density at radius 3 is 2.42 bits per heavy atom. The van der Waals surface area contributed by atoms with Gasteiger partial charge in [0, 0.05) is 17.9 Å². The van der Waals surface area contributed by atoms with Crippen LogP contribution in [-0.2, 0) is 11.2 Å². The molecule has 0 saturated carbocycles. The zero-order valence-electron chi connectivity index (χ0n) is 15.2. The van der Waals surface area contributed by atoms with Crippen LogP contribution in [0.5, 0.6) is 5.75 Å². The van der Waals surface area contributed by atoms with Crippen molar-refractivity contribution in [1.82, 2.24) is 0 Å². The van der Waals surface area contributed by atoms with E-state index in [0.717, 1.165) is 16.7 Å². The number of aliphatic hydroxyl groups is 2. The lowest BCUT2D eigenvalue weighted by Gasteiger charge is -2.32. The molecule has 26 heavy (non-hydrogen) atoms. The smallest absolute Gasteiger partial charge is 0.115 e. The fraction of sp³-hybridized carbons (Fsp3) is 0.429. The lowest BCUT2D eigenvalue weighted by molar-refractivity contribution is -0.113. The minimum Gasteiger partial charge on any atom is -0.508 e. The molecule has 1 saturated heterocycles. The molecule has 3 unspecified atom stereocenters. The molecule has 3 atom stereocenters. The van der Waals surface area contributed by atoms with Gasteiger partial charge in [0.1, 0.15) is 5.75 Å². The molecule has 4 nitrogen and oxygen atoms in total. The summed E-state index contributed by atoms with van der Waals surface area (Å²) in [6, 6.07) is 12.8. The van der Waals surface area contributed by atoms with Crippen LogP contribution in [0.1, 0.15) is 49.5 Å². The third kappa shape index (κ3) is 5.45. The first-order valence-electron chi connectivity index (χ1n) is 9.05. The number of phenolic OH excluding ortho intramolecular Hbond substituents is 1. The average molecular weight is 379 g/mol. The number of halogens is 1. The van der Waals surface area contributed by atoms with Crippen molar-refractivity contribution in [3.05, 3.63) is 64.2 Å². The van der Waals surface area contributed by atoms with Crippen molar-refractivity contribution >= 4 is 11.6 Å². The number of hydrogen-bond acceptors (Lipinski definition) is 4. The van der Waals surface area contributed by atoms with Gasteiger partial charge in [0.25, 0.3) is 0 Å². The lowest BCUT2D eigenvalue weighted by atomic mass is 9.94. The van der Waals surface area contributed by atoms with Gasteiger partial charge in [0.15, 0.2) is 0 Å². The summed E-state index contributed by atoms with van der Waals surface area (Å²) in [5.41, 5.74) is 2.96. The Hall–Kier alpha value is -1.59. The largest absolute Gasteiger partial charge is 0.508 e. The molecule has 5 heteroatoms. The highest BCUT2D eigenvalue weighted by atomic mass is 35.5. The molecule has 1 heterocycles. The van der Waals surface area contributed by atoms with Crippen LogP contribution in [0.4, 0.5) is 0 Å². The molecule has 0 spiro atoms. The molecule has 0 radical (unpaired) electrons. The van der Waals surface area contributed by atoms with Crippen molar-refractivity contribution in [3.8, 4) is 5.75 Å². The van der Waals surface area contributed by atoms with E-state index in [-0.39, 0.29) is 24.6 Å². The Labute approximate surface area is 160 Å². The van der Waals surface area contributed by atoms with E-state index in [0.29, 0.717) is 24.3 Å². The maximum Gasteiger partial charge on any atom is 0.115 e. The summed E-state index contributed by atoms with van der Waals surface area (Å²) in [6.07, 6.45) is 0.553. The van der Waals surface area contributed by atoms with Gasteiger partial charge in [-0.25, -0.2) is 0 Å². The van der Waals surface area contributed by atoms with Crippen LogP contribution in [0.2, 0.25) is 5.02 Å². The molecule has 142 valence electrons. The summed E-state index contributed by atoms with van der Waals surface area (Å²) >= 11 is 6.32. The van der Waals surface area contributed by atoms with Gasteiger partial charge in [-0.05, 0) is 41.3 Å². The van der Waals surface area contributed by atoms with E-state index < -0.39 is 6.10 Å². The van der Waals surface area contributed by atoms with E-state index in [1.807, 2.05) is 44.2 Å². The summed E-state index contributed by atoms with van der Waals surface area (Å²) in [5.74, 6) is 0.234. The van der Waals surface area contributed by atoms with Crippen molar-refractivity contribution in [3.63, 3.8) is 0 Å². The molecular formula is C21H27ClO4. The molecule has 2 aromatic rings. The quantitative estimate of drug-likeness (QED) is 0.744. The van der Waals surface area contributed by atoms with E-state index in [4.69, 9.17) is 16.3 Å². The van der Waals surface area contributed by atoms with E-state index in [9.17, 15) is 15.3 Å². The summed E-state index contributed by atoms with van der Waals surface area (Å²) in [7, 11) is 0. The zero-order valence-corrected chi connectivity index (χ0v) is 16.0. The normalized spacial score (nSPS) is 22.4. The van der Waals surface area contributed by atoms with Gasteiger partial charge in [0.05, 0.1) is 24.9 Å². The second-order valence-electron chi connectivity index (χ2n) is 6.25. The number of aliphatic hydroxyl groups excluding tert-OH is 2. The molecule has 3 rings (SSSR count). The van der Waals surface area contributed by atoms with E-state index in [2.05, 4.69) is 0 Å². The third-order valence-electron chi connectivity index (χ3n) is 4.35. The number of benzene rings is 2. The van der Waals surface area contributed by atoms with Crippen LogP contribution < -0.4 is 0 Å². The first-order valence-corrected chi connectivity index (χ1v) is 9.43. The van der Waals surface area contributed by atoms with Gasteiger partial charge in [-0.15, -0.1) is 0 Å². The fourth-order valence-electron chi connectivity index (χ4n) is 3.09. The van der Waals surface area contributed by atoms with Crippen molar-refractivity contribution in [2.75, 3.05) is 6.61 Å². The van der Waals surface area contributed by atoms with Crippen LogP contribution >= 0.6 is 11.6 Å². The standard InChI is InChI=1S/C19H21ClO4.C2H6/c20-18-6-3-13(19-10-16(23)9-17(11-21)24-19)8-14(18)7-12-1-4-15(22)5-2-12;1-2/h1-6,8,16-17,19,21-23H,7,9-11H2;1-2H3. The number of phenols is 1. The zero-order chi connectivity index (χ0) is 19.1. The van der Waals surface area contributed by atoms with Gasteiger partial charge in [-0.1, -0.05) is 49.7 Å². The second-order valence-corrected chi connectivity index (χ2v) is 6.66. The van der Waals surface area contributed by atoms with Gasteiger partial charge in [-0.3, -0.25) is 0 Å². The van der Waals surface area contributed by atoms with Gasteiger partial charge < -0.3 is 20.1 Å². The SMILES string of the molecule is CC.OCC1CC(O)CC(c2ccc(Cl)c(Cc3ccc(O)cc3)c2)O1. The Kier molecular flexibility index (Phi) is 7.91. The Balaban J connectivity index is 0.00000117. The molecule has 0 aromatic heterocycles. The number of ether oxygens (including phenoxy) is 1. The van der Waals surface area contributed by atoms with Crippen LogP contribution in [0.25, 0.3) is 0 Å². The second kappa shape index (κ2) is 9.93. The number of aromatic hydroxyl groups is 1. The highest BCUT2D eigenvalue weighted by molar-refractivity contribution is 6.31. The Morgan fingerprint density at radius 1 is 1.08 bits per heavy atom. The number of rotatable bonds is 4.